The smallest absolute Gasteiger partial charge is 0.259 e. The minimum absolute atomic E-state index is 0.215. The van der Waals surface area contributed by atoms with Gasteiger partial charge in [-0.3, -0.25) is 4.79 Å². The lowest BCUT2D eigenvalue weighted by Gasteiger charge is -2.03. The fourth-order valence-electron chi connectivity index (χ4n) is 2.01. The van der Waals surface area contributed by atoms with E-state index in [4.69, 9.17) is 0 Å². The molecule has 0 spiro atoms. The molecule has 0 aliphatic carbocycles. The number of hydrogen-bond acceptors (Lipinski definition) is 3. The largest absolute Gasteiger partial charge is 0.305 e. The number of para-hydroxylation sites is 1. The second kappa shape index (κ2) is 7.56. The molecule has 23 heavy (non-hydrogen) atoms. The summed E-state index contributed by atoms with van der Waals surface area (Å²) >= 11 is 1.18. The van der Waals surface area contributed by atoms with Crippen molar-refractivity contribution in [1.29, 1.82) is 0 Å². The van der Waals surface area contributed by atoms with Crippen molar-refractivity contribution in [2.75, 3.05) is 0 Å². The lowest BCUT2D eigenvalue weighted by molar-refractivity contribution is 0.267. The maximum Gasteiger partial charge on any atom is 0.305 e. The third-order valence-electron chi connectivity index (χ3n) is 3.15. The molecular weight excluding hydrogens is 306 g/mol. The van der Waals surface area contributed by atoms with Gasteiger partial charge in [-0.2, -0.15) is 5.10 Å². The Morgan fingerprint density at radius 3 is 2.35 bits per heavy atom. The summed E-state index contributed by atoms with van der Waals surface area (Å²) in [4.78, 5) is 16.0. The Bertz CT molecular complexity index is 824. The number of carbonyl (C=O) groups is 1. The molecule has 1 heterocycles. The lowest BCUT2D eigenvalue weighted by atomic mass is 10.2. The van der Waals surface area contributed by atoms with Crippen molar-refractivity contribution in [1.82, 2.24) is 9.78 Å². The first-order valence-corrected chi connectivity index (χ1v) is 8.16. The predicted octanol–water partition coefficient (Wildman–Crippen LogP) is 3.83. The van der Waals surface area contributed by atoms with Crippen molar-refractivity contribution in [2.45, 2.75) is 5.75 Å². The summed E-state index contributed by atoms with van der Waals surface area (Å²) in [6.07, 6.45) is 3.39. The summed E-state index contributed by atoms with van der Waals surface area (Å²) in [5.74, 6) is 0.619. The second-order valence-corrected chi connectivity index (χ2v) is 5.74. The number of nitrogens with zero attached hydrogens (tertiary/aromatic N) is 3. The van der Waals surface area contributed by atoms with Gasteiger partial charge in [0, 0.05) is 11.9 Å². The quantitative estimate of drug-likeness (QED) is 0.736. The molecule has 3 aromatic rings. The summed E-state index contributed by atoms with van der Waals surface area (Å²) in [6.45, 7) is 0. The SMILES string of the molecule is O=C(N=c1ccn(-c2ccccc2)nc1)SCc1ccccc1. The molecule has 0 N–H and O–H groups in total. The topological polar surface area (TPSA) is 47.2 Å². The first-order chi connectivity index (χ1) is 11.3. The normalized spacial score (nSPS) is 11.4. The van der Waals surface area contributed by atoms with Gasteiger partial charge < -0.3 is 0 Å². The molecule has 0 aliphatic heterocycles. The molecule has 0 fully saturated rings. The van der Waals surface area contributed by atoms with Crippen molar-refractivity contribution in [3.8, 4) is 5.69 Å². The van der Waals surface area contributed by atoms with Crippen molar-refractivity contribution in [2.24, 2.45) is 4.99 Å². The van der Waals surface area contributed by atoms with Gasteiger partial charge in [-0.05, 0) is 23.8 Å². The van der Waals surface area contributed by atoms with Crippen molar-refractivity contribution in [3.05, 3.63) is 90.0 Å². The van der Waals surface area contributed by atoms with Crippen LogP contribution in [0.15, 0.2) is 84.1 Å². The first-order valence-electron chi connectivity index (χ1n) is 7.17. The third-order valence-corrected chi connectivity index (χ3v) is 3.96. The minimum atomic E-state index is -0.215. The highest BCUT2D eigenvalue weighted by Crippen LogP contribution is 2.13. The zero-order chi connectivity index (χ0) is 15.9. The van der Waals surface area contributed by atoms with Crippen molar-refractivity contribution >= 4 is 17.0 Å². The monoisotopic (exact) mass is 321 g/mol. The van der Waals surface area contributed by atoms with Crippen LogP contribution >= 0.6 is 11.8 Å². The van der Waals surface area contributed by atoms with Crippen molar-refractivity contribution < 1.29 is 4.79 Å². The van der Waals surface area contributed by atoms with E-state index in [-0.39, 0.29) is 5.24 Å². The highest BCUT2D eigenvalue weighted by atomic mass is 32.2. The summed E-state index contributed by atoms with van der Waals surface area (Å²) in [6, 6.07) is 21.4. The molecule has 0 saturated heterocycles. The molecule has 2 aromatic carbocycles. The Morgan fingerprint density at radius 2 is 1.70 bits per heavy atom. The van der Waals surface area contributed by atoms with E-state index in [1.807, 2.05) is 60.7 Å². The van der Waals surface area contributed by atoms with Crippen LogP contribution in [0.3, 0.4) is 0 Å². The van der Waals surface area contributed by atoms with Gasteiger partial charge in [-0.1, -0.05) is 60.3 Å². The van der Waals surface area contributed by atoms with E-state index < -0.39 is 0 Å². The Hall–Kier alpha value is -2.66. The van der Waals surface area contributed by atoms with Crippen LogP contribution in [0.2, 0.25) is 0 Å². The van der Waals surface area contributed by atoms with E-state index in [0.717, 1.165) is 11.3 Å². The van der Waals surface area contributed by atoms with E-state index >= 15 is 0 Å². The van der Waals surface area contributed by atoms with Crippen LogP contribution in [0.5, 0.6) is 0 Å². The zero-order valence-electron chi connectivity index (χ0n) is 12.4. The number of thioether (sulfide) groups is 1. The summed E-state index contributed by atoms with van der Waals surface area (Å²) < 4.78 is 1.74. The fraction of sp³-hybridized carbons (Fsp3) is 0.0556. The molecule has 0 unspecified atom stereocenters. The first kappa shape index (κ1) is 15.2. The lowest BCUT2D eigenvalue weighted by Crippen LogP contribution is -2.09. The van der Waals surface area contributed by atoms with Crippen LogP contribution in [0.4, 0.5) is 4.79 Å². The molecule has 114 valence electrons. The second-order valence-electron chi connectivity index (χ2n) is 4.82. The van der Waals surface area contributed by atoms with E-state index in [0.29, 0.717) is 11.1 Å². The number of amides is 1. The Balaban J connectivity index is 1.66. The van der Waals surface area contributed by atoms with Crippen LogP contribution in [0.1, 0.15) is 5.56 Å². The molecule has 0 atom stereocenters. The summed E-state index contributed by atoms with van der Waals surface area (Å²) in [5.41, 5.74) is 2.07. The Kier molecular flexibility index (Phi) is 5.01. The molecule has 0 radical (unpaired) electrons. The molecule has 1 amide bonds. The van der Waals surface area contributed by atoms with Gasteiger partial charge in [0.25, 0.3) is 0 Å². The van der Waals surface area contributed by atoms with Gasteiger partial charge in [0.1, 0.15) is 0 Å². The molecule has 0 bridgehead atoms. The molecule has 1 aromatic heterocycles. The van der Waals surface area contributed by atoms with Gasteiger partial charge in [0.05, 0.1) is 17.2 Å². The van der Waals surface area contributed by atoms with Crippen molar-refractivity contribution in [3.63, 3.8) is 0 Å². The molecule has 5 heteroatoms. The maximum absolute atomic E-state index is 11.9. The van der Waals surface area contributed by atoms with Crippen LogP contribution in [0.25, 0.3) is 5.69 Å². The maximum atomic E-state index is 11.9. The highest BCUT2D eigenvalue weighted by molar-refractivity contribution is 8.12. The molecule has 0 aliphatic rings. The molecule has 4 nitrogen and oxygen atoms in total. The Morgan fingerprint density at radius 1 is 1.00 bits per heavy atom. The van der Waals surface area contributed by atoms with Gasteiger partial charge in [-0.25, -0.2) is 9.67 Å². The van der Waals surface area contributed by atoms with Crippen LogP contribution in [-0.2, 0) is 5.75 Å². The molecule has 3 rings (SSSR count). The van der Waals surface area contributed by atoms with Gasteiger partial charge >= 0.3 is 5.24 Å². The number of aromatic nitrogens is 2. The van der Waals surface area contributed by atoms with Crippen LogP contribution in [-0.4, -0.2) is 15.0 Å². The van der Waals surface area contributed by atoms with Gasteiger partial charge in [0.2, 0.25) is 0 Å². The number of rotatable bonds is 3. The average molecular weight is 321 g/mol. The standard InChI is InChI=1S/C18H15N3OS/c22-18(23-14-15-7-3-1-4-8-15)20-16-11-12-21(19-13-16)17-9-5-2-6-10-17/h1-13H,14H2. The molecule has 0 saturated carbocycles. The third kappa shape index (κ3) is 4.40. The number of carbonyl (C=O) groups excluding carboxylic acids is 1. The summed E-state index contributed by atoms with van der Waals surface area (Å²) in [7, 11) is 0. The van der Waals surface area contributed by atoms with Crippen LogP contribution in [0, 0.1) is 0 Å². The van der Waals surface area contributed by atoms with Gasteiger partial charge in [-0.15, -0.1) is 0 Å². The van der Waals surface area contributed by atoms with E-state index in [9.17, 15) is 4.79 Å². The average Bonchev–Trinajstić information content (AvgIpc) is 2.62. The fourth-order valence-corrected chi connectivity index (χ4v) is 2.66. The zero-order valence-corrected chi connectivity index (χ0v) is 13.2. The summed E-state index contributed by atoms with van der Waals surface area (Å²) in [5, 5.41) is 4.63. The number of benzene rings is 2. The van der Waals surface area contributed by atoms with E-state index in [1.54, 1.807) is 23.1 Å². The highest BCUT2D eigenvalue weighted by Gasteiger charge is 2.01. The Labute approximate surface area is 138 Å². The number of hydrogen-bond donors (Lipinski definition) is 0. The van der Waals surface area contributed by atoms with E-state index in [1.165, 1.54) is 11.8 Å². The predicted molar refractivity (Wildman–Crippen MR) is 92.3 cm³/mol. The minimum Gasteiger partial charge on any atom is -0.259 e. The molecular formula is C18H15N3OS. The van der Waals surface area contributed by atoms with Gasteiger partial charge in [0.15, 0.2) is 0 Å². The van der Waals surface area contributed by atoms with E-state index in [2.05, 4.69) is 10.1 Å². The van der Waals surface area contributed by atoms with Crippen LogP contribution < -0.4 is 5.36 Å².